The lowest BCUT2D eigenvalue weighted by Gasteiger charge is -2.27. The van der Waals surface area contributed by atoms with Gasteiger partial charge in [0, 0.05) is 6.04 Å². The average Bonchev–Trinajstić information content (AvgIpc) is 2.34. The molecule has 4 nitrogen and oxygen atoms in total. The molecule has 0 aliphatic heterocycles. The highest BCUT2D eigenvalue weighted by Crippen LogP contribution is 2.27. The maximum absolute atomic E-state index is 12.0. The number of aliphatic hydroxyl groups is 1. The van der Waals surface area contributed by atoms with Crippen molar-refractivity contribution in [3.8, 4) is 5.75 Å². The number of hydrogen-bond acceptors (Lipinski definition) is 3. The van der Waals surface area contributed by atoms with Crippen LogP contribution in [0.4, 0.5) is 0 Å². The van der Waals surface area contributed by atoms with Gasteiger partial charge in [-0.25, -0.2) is 0 Å². The number of carbonyl (C=O) groups excluding carboxylic acids is 1. The van der Waals surface area contributed by atoms with Gasteiger partial charge in [-0.1, -0.05) is 12.1 Å². The Bertz CT molecular complexity index is 415. The van der Waals surface area contributed by atoms with Gasteiger partial charge in [0.2, 0.25) is 0 Å². The Kier molecular flexibility index (Phi) is 4.20. The summed E-state index contributed by atoms with van der Waals surface area (Å²) in [5.74, 6) is 0.427. The van der Waals surface area contributed by atoms with E-state index in [2.05, 4.69) is 5.32 Å². The first-order chi connectivity index (χ1) is 8.70. The van der Waals surface area contributed by atoms with Gasteiger partial charge in [0.25, 0.3) is 5.91 Å². The predicted octanol–water partition coefficient (Wildman–Crippen LogP) is 1.73. The average molecular weight is 249 g/mol. The fraction of sp³-hybridized carbons (Fsp3) is 0.500. The summed E-state index contributed by atoms with van der Waals surface area (Å²) in [5.41, 5.74) is 0.532. The first kappa shape index (κ1) is 12.9. The first-order valence-corrected chi connectivity index (χ1v) is 6.38. The summed E-state index contributed by atoms with van der Waals surface area (Å²) in [6.07, 6.45) is 3.56. The van der Waals surface area contributed by atoms with Crippen LogP contribution in [-0.4, -0.2) is 29.8 Å². The second kappa shape index (κ2) is 5.87. The van der Waals surface area contributed by atoms with E-state index in [9.17, 15) is 4.79 Å². The molecule has 1 atom stereocenters. The van der Waals surface area contributed by atoms with Gasteiger partial charge in [0.1, 0.15) is 5.75 Å². The molecule has 1 amide bonds. The Labute approximate surface area is 107 Å². The van der Waals surface area contributed by atoms with Crippen LogP contribution in [0.15, 0.2) is 24.3 Å². The molecule has 0 spiro atoms. The molecular formula is C14H19NO3. The molecule has 0 saturated heterocycles. The number of aliphatic hydroxyl groups excluding tert-OH is 1. The molecule has 1 saturated carbocycles. The zero-order chi connectivity index (χ0) is 13.0. The summed E-state index contributed by atoms with van der Waals surface area (Å²) >= 11 is 0. The molecule has 0 bridgehead atoms. The molecule has 1 aromatic rings. The van der Waals surface area contributed by atoms with Crippen LogP contribution in [0.5, 0.6) is 5.75 Å². The molecule has 1 unspecified atom stereocenters. The number of nitrogens with one attached hydrogen (secondary N) is 1. The molecule has 1 aliphatic carbocycles. The molecule has 0 radical (unpaired) electrons. The fourth-order valence-electron chi connectivity index (χ4n) is 1.77. The molecular weight excluding hydrogens is 230 g/mol. The van der Waals surface area contributed by atoms with Crippen molar-refractivity contribution in [2.45, 2.75) is 38.3 Å². The Hall–Kier alpha value is -1.55. The van der Waals surface area contributed by atoms with Crippen LogP contribution in [0, 0.1) is 0 Å². The van der Waals surface area contributed by atoms with Crippen LogP contribution in [0.25, 0.3) is 0 Å². The van der Waals surface area contributed by atoms with Gasteiger partial charge in [0.05, 0.1) is 18.3 Å². The van der Waals surface area contributed by atoms with Crippen LogP contribution in [0.3, 0.4) is 0 Å². The van der Waals surface area contributed by atoms with E-state index < -0.39 is 0 Å². The first-order valence-electron chi connectivity index (χ1n) is 6.38. The van der Waals surface area contributed by atoms with E-state index in [-0.39, 0.29) is 24.7 Å². The van der Waals surface area contributed by atoms with Crippen molar-refractivity contribution in [2.24, 2.45) is 0 Å². The molecule has 1 aliphatic rings. The largest absolute Gasteiger partial charge is 0.490 e. The van der Waals surface area contributed by atoms with E-state index in [1.54, 1.807) is 13.0 Å². The Morgan fingerprint density at radius 2 is 2.22 bits per heavy atom. The van der Waals surface area contributed by atoms with E-state index in [1.165, 1.54) is 6.42 Å². The highest BCUT2D eigenvalue weighted by atomic mass is 16.5. The number of hydrogen-bond donors (Lipinski definition) is 2. The molecule has 18 heavy (non-hydrogen) atoms. The minimum absolute atomic E-state index is 0.0720. The molecule has 0 heterocycles. The summed E-state index contributed by atoms with van der Waals surface area (Å²) in [4.78, 5) is 12.0. The molecule has 0 aromatic heterocycles. The Morgan fingerprint density at radius 3 is 2.83 bits per heavy atom. The van der Waals surface area contributed by atoms with Crippen LogP contribution in [-0.2, 0) is 0 Å². The lowest BCUT2D eigenvalue weighted by Crippen LogP contribution is -2.35. The van der Waals surface area contributed by atoms with Crippen molar-refractivity contribution in [3.05, 3.63) is 29.8 Å². The zero-order valence-corrected chi connectivity index (χ0v) is 10.6. The topological polar surface area (TPSA) is 58.6 Å². The normalized spacial score (nSPS) is 16.8. The third kappa shape index (κ3) is 3.01. The maximum atomic E-state index is 12.0. The number of ether oxygens (including phenoxy) is 1. The van der Waals surface area contributed by atoms with Crippen LogP contribution >= 0.6 is 0 Å². The third-order valence-corrected chi connectivity index (χ3v) is 3.13. The van der Waals surface area contributed by atoms with Crippen molar-refractivity contribution in [1.29, 1.82) is 0 Å². The van der Waals surface area contributed by atoms with Gasteiger partial charge >= 0.3 is 0 Å². The van der Waals surface area contributed by atoms with E-state index in [0.29, 0.717) is 11.3 Å². The van der Waals surface area contributed by atoms with Gasteiger partial charge in [-0.15, -0.1) is 0 Å². The van der Waals surface area contributed by atoms with Crippen molar-refractivity contribution in [1.82, 2.24) is 5.32 Å². The number of amides is 1. The third-order valence-electron chi connectivity index (χ3n) is 3.13. The minimum Gasteiger partial charge on any atom is -0.490 e. The summed E-state index contributed by atoms with van der Waals surface area (Å²) in [5, 5.41) is 11.7. The molecule has 4 heteroatoms. The van der Waals surface area contributed by atoms with Crippen LogP contribution in [0.2, 0.25) is 0 Å². The molecule has 1 aromatic carbocycles. The highest BCUT2D eigenvalue weighted by molar-refractivity contribution is 5.97. The second-order valence-electron chi connectivity index (χ2n) is 4.72. The maximum Gasteiger partial charge on any atom is 0.255 e. The quantitative estimate of drug-likeness (QED) is 0.835. The predicted molar refractivity (Wildman–Crippen MR) is 68.7 cm³/mol. The van der Waals surface area contributed by atoms with Crippen molar-refractivity contribution in [3.63, 3.8) is 0 Å². The number of rotatable bonds is 5. The Balaban J connectivity index is 2.08. The lowest BCUT2D eigenvalue weighted by molar-refractivity contribution is 0.0899. The molecule has 2 N–H and O–H groups in total. The van der Waals surface area contributed by atoms with E-state index in [0.717, 1.165) is 12.8 Å². The number of carbonyl (C=O) groups is 1. The summed E-state index contributed by atoms with van der Waals surface area (Å²) in [6, 6.07) is 6.98. The van der Waals surface area contributed by atoms with Gasteiger partial charge in [0.15, 0.2) is 0 Å². The highest BCUT2D eigenvalue weighted by Gasteiger charge is 2.22. The van der Waals surface area contributed by atoms with E-state index in [1.807, 2.05) is 18.2 Å². The fourth-order valence-corrected chi connectivity index (χ4v) is 1.77. The second-order valence-corrected chi connectivity index (χ2v) is 4.72. The van der Waals surface area contributed by atoms with Gasteiger partial charge in [-0.05, 0) is 38.3 Å². The summed E-state index contributed by atoms with van der Waals surface area (Å²) in [6.45, 7) is 1.69. The standard InChI is InChI=1S/C14H19NO3/c1-10(9-16)15-14(17)12-7-2-3-8-13(12)18-11-5-4-6-11/h2-3,7-8,10-11,16H,4-6,9H2,1H3,(H,15,17). The zero-order valence-electron chi connectivity index (χ0n) is 10.6. The van der Waals surface area contributed by atoms with Crippen LogP contribution < -0.4 is 10.1 Å². The summed E-state index contributed by atoms with van der Waals surface area (Å²) < 4.78 is 5.79. The van der Waals surface area contributed by atoms with Gasteiger partial charge in [-0.2, -0.15) is 0 Å². The minimum atomic E-state index is -0.255. The molecule has 2 rings (SSSR count). The Morgan fingerprint density at radius 1 is 1.50 bits per heavy atom. The van der Waals surface area contributed by atoms with Gasteiger partial charge in [-0.3, -0.25) is 4.79 Å². The monoisotopic (exact) mass is 249 g/mol. The van der Waals surface area contributed by atoms with Gasteiger partial charge < -0.3 is 15.2 Å². The smallest absolute Gasteiger partial charge is 0.255 e. The summed E-state index contributed by atoms with van der Waals surface area (Å²) in [7, 11) is 0. The molecule has 1 fully saturated rings. The SMILES string of the molecule is CC(CO)NC(=O)c1ccccc1OC1CCC1. The van der Waals surface area contributed by atoms with E-state index in [4.69, 9.17) is 9.84 Å². The van der Waals surface area contributed by atoms with Crippen molar-refractivity contribution >= 4 is 5.91 Å². The van der Waals surface area contributed by atoms with Crippen LogP contribution in [0.1, 0.15) is 36.5 Å². The number of para-hydroxylation sites is 1. The van der Waals surface area contributed by atoms with Crippen molar-refractivity contribution in [2.75, 3.05) is 6.61 Å². The van der Waals surface area contributed by atoms with Crippen molar-refractivity contribution < 1.29 is 14.6 Å². The number of benzene rings is 1. The molecule has 98 valence electrons. The van der Waals surface area contributed by atoms with E-state index >= 15 is 0 Å². The lowest BCUT2D eigenvalue weighted by atomic mass is 9.96.